The van der Waals surface area contributed by atoms with Gasteiger partial charge < -0.3 is 15.5 Å². The lowest BCUT2D eigenvalue weighted by atomic mass is 10.1. The Morgan fingerprint density at radius 3 is 2.32 bits per heavy atom. The van der Waals surface area contributed by atoms with E-state index >= 15 is 0 Å². The Labute approximate surface area is 184 Å². The number of hydrogen-bond acceptors (Lipinski definition) is 5. The minimum Gasteiger partial charge on any atom is -0.369 e. The third-order valence-corrected chi connectivity index (χ3v) is 6.78. The van der Waals surface area contributed by atoms with Crippen LogP contribution in [0.1, 0.15) is 12.0 Å². The largest absolute Gasteiger partial charge is 0.416 e. The van der Waals surface area contributed by atoms with Gasteiger partial charge in [-0.3, -0.25) is 9.69 Å². The number of fused-ring (bicyclic) bond motifs is 2. The number of piperazine rings is 1. The maximum Gasteiger partial charge on any atom is 0.416 e. The van der Waals surface area contributed by atoms with Gasteiger partial charge in [0.05, 0.1) is 23.5 Å². The zero-order valence-electron chi connectivity index (χ0n) is 17.1. The summed E-state index contributed by atoms with van der Waals surface area (Å²) >= 11 is 1.51. The molecule has 1 amide bonds. The molecule has 9 heteroatoms. The molecule has 2 aromatic carbocycles. The van der Waals surface area contributed by atoms with Crippen molar-refractivity contribution in [1.29, 1.82) is 0 Å². The van der Waals surface area contributed by atoms with Crippen LogP contribution >= 0.6 is 11.8 Å². The van der Waals surface area contributed by atoms with Crippen molar-refractivity contribution in [3.05, 3.63) is 48.0 Å². The normalized spacial score (nSPS) is 17.3. The molecule has 0 aromatic heterocycles. The van der Waals surface area contributed by atoms with Crippen molar-refractivity contribution in [3.63, 3.8) is 0 Å². The molecular weight excluding hydrogens is 425 g/mol. The number of amides is 1. The topological polar surface area (TPSA) is 52.8 Å². The van der Waals surface area contributed by atoms with Crippen LogP contribution in [0.2, 0.25) is 0 Å². The summed E-state index contributed by atoms with van der Waals surface area (Å²) in [5, 5.41) is 0. The van der Waals surface area contributed by atoms with E-state index in [4.69, 9.17) is 5.73 Å². The average molecular weight is 451 g/mol. The summed E-state index contributed by atoms with van der Waals surface area (Å²) in [5.41, 5.74) is 6.21. The van der Waals surface area contributed by atoms with Crippen LogP contribution in [0, 0.1) is 0 Å². The predicted octanol–water partition coefficient (Wildman–Crippen LogP) is 3.80. The fourth-order valence-electron chi connectivity index (χ4n) is 4.09. The van der Waals surface area contributed by atoms with Crippen molar-refractivity contribution >= 4 is 29.0 Å². The zero-order chi connectivity index (χ0) is 22.0. The van der Waals surface area contributed by atoms with E-state index in [-0.39, 0.29) is 12.5 Å². The fraction of sp³-hybridized carbons (Fsp3) is 0.409. The number of rotatable bonds is 6. The third-order valence-electron chi connectivity index (χ3n) is 5.65. The van der Waals surface area contributed by atoms with Gasteiger partial charge in [-0.05, 0) is 43.3 Å². The summed E-state index contributed by atoms with van der Waals surface area (Å²) in [6.07, 6.45) is -3.54. The smallest absolute Gasteiger partial charge is 0.369 e. The highest BCUT2D eigenvalue weighted by Crippen LogP contribution is 2.49. The number of hydrogen-bond donors (Lipinski definition) is 1. The minimum atomic E-state index is -4.37. The Morgan fingerprint density at radius 1 is 0.935 bits per heavy atom. The SMILES string of the molecule is NC(=O)CN1CCN(CCCN2c3ccccc3Sc3ccc(C(F)(F)F)cc32)CC1. The molecule has 0 saturated carbocycles. The number of nitrogens with two attached hydrogens (primary N) is 1. The zero-order valence-corrected chi connectivity index (χ0v) is 17.9. The van der Waals surface area contributed by atoms with Gasteiger partial charge >= 0.3 is 6.18 Å². The first-order chi connectivity index (χ1) is 14.8. The van der Waals surface area contributed by atoms with Gasteiger partial charge in [0.25, 0.3) is 0 Å². The summed E-state index contributed by atoms with van der Waals surface area (Å²) in [4.78, 5) is 19.4. The van der Waals surface area contributed by atoms with Gasteiger partial charge in [-0.15, -0.1) is 0 Å². The molecule has 4 rings (SSSR count). The van der Waals surface area contributed by atoms with E-state index in [0.717, 1.165) is 60.7 Å². The lowest BCUT2D eigenvalue weighted by Crippen LogP contribution is -2.49. The van der Waals surface area contributed by atoms with Gasteiger partial charge in [0.15, 0.2) is 0 Å². The van der Waals surface area contributed by atoms with Gasteiger partial charge in [-0.25, -0.2) is 0 Å². The van der Waals surface area contributed by atoms with Gasteiger partial charge in [0.2, 0.25) is 5.91 Å². The van der Waals surface area contributed by atoms with Crippen molar-refractivity contribution in [1.82, 2.24) is 9.80 Å². The number of carbonyl (C=O) groups excluding carboxylic acids is 1. The average Bonchev–Trinajstić information content (AvgIpc) is 2.73. The molecule has 2 heterocycles. The molecule has 0 unspecified atom stereocenters. The number of alkyl halides is 3. The lowest BCUT2D eigenvalue weighted by Gasteiger charge is -2.36. The van der Waals surface area contributed by atoms with Crippen molar-refractivity contribution in [2.75, 3.05) is 50.7 Å². The predicted molar refractivity (Wildman–Crippen MR) is 116 cm³/mol. The molecule has 5 nitrogen and oxygen atoms in total. The quantitative estimate of drug-likeness (QED) is 0.726. The molecular formula is C22H25F3N4OS. The first-order valence-electron chi connectivity index (χ1n) is 10.3. The first-order valence-corrected chi connectivity index (χ1v) is 11.1. The van der Waals surface area contributed by atoms with Crippen LogP contribution in [0.5, 0.6) is 0 Å². The summed E-state index contributed by atoms with van der Waals surface area (Å²) < 4.78 is 40.0. The van der Waals surface area contributed by atoms with Crippen LogP contribution in [0.3, 0.4) is 0 Å². The summed E-state index contributed by atoms with van der Waals surface area (Å²) in [6.45, 7) is 5.07. The van der Waals surface area contributed by atoms with Crippen LogP contribution in [-0.4, -0.2) is 61.5 Å². The van der Waals surface area contributed by atoms with E-state index in [2.05, 4.69) is 4.90 Å². The Kier molecular flexibility index (Phi) is 6.45. The molecule has 0 bridgehead atoms. The molecule has 2 aliphatic heterocycles. The molecule has 166 valence electrons. The Balaban J connectivity index is 1.45. The number of nitrogens with zero attached hydrogens (tertiary/aromatic N) is 3. The van der Waals surface area contributed by atoms with E-state index in [1.165, 1.54) is 17.8 Å². The number of primary amides is 1. The van der Waals surface area contributed by atoms with Crippen LogP contribution in [0.4, 0.5) is 24.5 Å². The van der Waals surface area contributed by atoms with Crippen molar-refractivity contribution < 1.29 is 18.0 Å². The molecule has 31 heavy (non-hydrogen) atoms. The van der Waals surface area contributed by atoms with Gasteiger partial charge in [0.1, 0.15) is 0 Å². The number of anilines is 2. The molecule has 0 radical (unpaired) electrons. The Morgan fingerprint density at radius 2 is 1.61 bits per heavy atom. The Hall–Kier alpha value is -2.23. The van der Waals surface area contributed by atoms with Crippen LogP contribution < -0.4 is 10.6 Å². The fourth-order valence-corrected chi connectivity index (χ4v) is 5.17. The molecule has 2 aliphatic rings. The van der Waals surface area contributed by atoms with E-state index in [1.807, 2.05) is 34.1 Å². The van der Waals surface area contributed by atoms with Crippen molar-refractivity contribution in [2.45, 2.75) is 22.4 Å². The molecule has 0 aliphatic carbocycles. The minimum absolute atomic E-state index is 0.286. The lowest BCUT2D eigenvalue weighted by molar-refractivity contribution is -0.137. The number of halogens is 3. The summed E-state index contributed by atoms with van der Waals surface area (Å²) in [5.74, 6) is -0.313. The second kappa shape index (κ2) is 9.10. The van der Waals surface area contributed by atoms with Crippen LogP contribution in [0.15, 0.2) is 52.3 Å². The maximum absolute atomic E-state index is 13.3. The van der Waals surface area contributed by atoms with Gasteiger partial charge in [-0.1, -0.05) is 23.9 Å². The Bertz CT molecular complexity index is 945. The third kappa shape index (κ3) is 5.16. The van der Waals surface area contributed by atoms with Gasteiger partial charge in [0, 0.05) is 42.5 Å². The summed E-state index contributed by atoms with van der Waals surface area (Å²) in [7, 11) is 0. The first kappa shape index (κ1) is 22.0. The molecule has 0 atom stereocenters. The number of benzene rings is 2. The van der Waals surface area contributed by atoms with E-state index in [9.17, 15) is 18.0 Å². The highest BCUT2D eigenvalue weighted by Gasteiger charge is 2.33. The second-order valence-corrected chi connectivity index (χ2v) is 8.92. The van der Waals surface area contributed by atoms with Crippen molar-refractivity contribution in [3.8, 4) is 0 Å². The van der Waals surface area contributed by atoms with Crippen LogP contribution in [-0.2, 0) is 11.0 Å². The van der Waals surface area contributed by atoms with E-state index < -0.39 is 11.7 Å². The highest BCUT2D eigenvalue weighted by atomic mass is 32.2. The van der Waals surface area contributed by atoms with Gasteiger partial charge in [-0.2, -0.15) is 13.2 Å². The highest BCUT2D eigenvalue weighted by molar-refractivity contribution is 7.99. The molecule has 1 saturated heterocycles. The second-order valence-electron chi connectivity index (χ2n) is 7.84. The standard InChI is InChI=1S/C22H25F3N4OS/c23-22(24,25)16-6-7-20-18(14-16)29(17-4-1-2-5-19(17)31-20)9-3-8-27-10-12-28(13-11-27)15-21(26)30/h1-2,4-7,14H,3,8-13,15H2,(H2,26,30). The number of carbonyl (C=O) groups is 1. The molecule has 2 N–H and O–H groups in total. The number of para-hydroxylation sites is 1. The molecule has 0 spiro atoms. The van der Waals surface area contributed by atoms with E-state index in [0.29, 0.717) is 12.2 Å². The molecule has 2 aromatic rings. The van der Waals surface area contributed by atoms with E-state index in [1.54, 1.807) is 6.07 Å². The maximum atomic E-state index is 13.3. The van der Waals surface area contributed by atoms with Crippen LogP contribution in [0.25, 0.3) is 0 Å². The monoisotopic (exact) mass is 450 g/mol. The summed E-state index contributed by atoms with van der Waals surface area (Å²) in [6, 6.07) is 11.8. The molecule has 1 fully saturated rings. The van der Waals surface area contributed by atoms with Crippen molar-refractivity contribution in [2.24, 2.45) is 5.73 Å².